The molecule has 2 aromatic rings. The fraction of sp³-hybridized carbons (Fsp3) is 0.467. The van der Waals surface area contributed by atoms with Crippen LogP contribution in [-0.4, -0.2) is 52.3 Å². The van der Waals surface area contributed by atoms with Gasteiger partial charge in [0.15, 0.2) is 0 Å². The molecule has 0 unspecified atom stereocenters. The van der Waals surface area contributed by atoms with Crippen LogP contribution in [0.25, 0.3) is 11.4 Å². The van der Waals surface area contributed by atoms with E-state index in [1.54, 1.807) is 24.3 Å². The van der Waals surface area contributed by atoms with Gasteiger partial charge in [-0.1, -0.05) is 5.16 Å². The number of piperidine rings is 1. The van der Waals surface area contributed by atoms with Gasteiger partial charge in [-0.25, -0.2) is 4.79 Å². The maximum absolute atomic E-state index is 11.5. The van der Waals surface area contributed by atoms with Crippen molar-refractivity contribution < 1.29 is 14.1 Å². The lowest BCUT2D eigenvalue weighted by molar-refractivity contribution is -0.00600. The van der Waals surface area contributed by atoms with Gasteiger partial charge >= 0.3 is 6.03 Å². The second kappa shape index (κ2) is 7.19. The van der Waals surface area contributed by atoms with Gasteiger partial charge < -0.3 is 19.5 Å². The Labute approximate surface area is 133 Å². The highest BCUT2D eigenvalue weighted by Crippen LogP contribution is 2.17. The van der Waals surface area contributed by atoms with Crippen molar-refractivity contribution in [1.29, 1.82) is 0 Å². The van der Waals surface area contributed by atoms with Gasteiger partial charge in [0.25, 0.3) is 5.89 Å². The topological polar surface area (TPSA) is 93.4 Å². The summed E-state index contributed by atoms with van der Waals surface area (Å²) in [5, 5.41) is 6.56. The van der Waals surface area contributed by atoms with Crippen LogP contribution in [0.3, 0.4) is 0 Å². The summed E-state index contributed by atoms with van der Waals surface area (Å²) >= 11 is 0. The summed E-state index contributed by atoms with van der Waals surface area (Å²) in [6.45, 7) is 1.65. The summed E-state index contributed by atoms with van der Waals surface area (Å²) in [6.07, 6.45) is 5.08. The van der Waals surface area contributed by atoms with Gasteiger partial charge in [-0.05, 0) is 25.0 Å². The fourth-order valence-electron chi connectivity index (χ4n) is 2.50. The van der Waals surface area contributed by atoms with E-state index >= 15 is 0 Å². The minimum absolute atomic E-state index is 0.0403. The number of nitrogens with one attached hydrogen (secondary N) is 1. The van der Waals surface area contributed by atoms with E-state index < -0.39 is 0 Å². The normalized spacial score (nSPS) is 15.6. The molecule has 1 aliphatic heterocycles. The van der Waals surface area contributed by atoms with E-state index in [1.165, 1.54) is 0 Å². The van der Waals surface area contributed by atoms with E-state index in [0.29, 0.717) is 24.8 Å². The van der Waals surface area contributed by atoms with Gasteiger partial charge in [0, 0.05) is 38.1 Å². The van der Waals surface area contributed by atoms with Crippen LogP contribution in [0.5, 0.6) is 0 Å². The monoisotopic (exact) mass is 317 g/mol. The predicted molar refractivity (Wildman–Crippen MR) is 81.4 cm³/mol. The number of likely N-dealkylation sites (tertiary alicyclic amines) is 1. The Hall–Kier alpha value is -2.48. The molecule has 0 atom stereocenters. The van der Waals surface area contributed by atoms with Crippen LogP contribution < -0.4 is 5.32 Å². The number of nitrogens with zero attached hydrogens (tertiary/aromatic N) is 4. The first-order valence-corrected chi connectivity index (χ1v) is 7.57. The van der Waals surface area contributed by atoms with Crippen LogP contribution in [0, 0.1) is 0 Å². The van der Waals surface area contributed by atoms with Crippen LogP contribution in [-0.2, 0) is 11.3 Å². The summed E-state index contributed by atoms with van der Waals surface area (Å²) < 4.78 is 11.0. The maximum Gasteiger partial charge on any atom is 0.317 e. The van der Waals surface area contributed by atoms with Gasteiger partial charge in [-0.15, -0.1) is 0 Å². The zero-order valence-corrected chi connectivity index (χ0v) is 12.9. The van der Waals surface area contributed by atoms with Crippen LogP contribution in [0.2, 0.25) is 0 Å². The molecular formula is C15H19N5O3. The first kappa shape index (κ1) is 15.4. The molecule has 1 N–H and O–H groups in total. The molecule has 1 fully saturated rings. The summed E-state index contributed by atoms with van der Waals surface area (Å²) in [6, 6.07) is 3.65. The number of carbonyl (C=O) groups is 1. The third-order valence-electron chi connectivity index (χ3n) is 3.77. The molecule has 0 aromatic carbocycles. The van der Waals surface area contributed by atoms with Gasteiger partial charge in [0.05, 0.1) is 6.10 Å². The molecule has 0 aliphatic carbocycles. The van der Waals surface area contributed by atoms with Crippen molar-refractivity contribution in [2.45, 2.75) is 25.6 Å². The highest BCUT2D eigenvalue weighted by Gasteiger charge is 2.23. The smallest absolute Gasteiger partial charge is 0.317 e. The Balaban J connectivity index is 1.48. The molecule has 8 heteroatoms. The second-order valence-electron chi connectivity index (χ2n) is 5.31. The molecule has 3 rings (SSSR count). The van der Waals surface area contributed by atoms with Crippen LogP contribution in [0.15, 0.2) is 29.0 Å². The first-order chi connectivity index (χ1) is 11.3. The number of rotatable bonds is 4. The molecule has 8 nitrogen and oxygen atoms in total. The molecular weight excluding hydrogens is 298 g/mol. The Morgan fingerprint density at radius 3 is 3.00 bits per heavy atom. The standard InChI is InChI=1S/C15H19N5O3/c1-16-15(21)20-7-4-12(5-8-20)22-10-13-18-14(19-23-13)11-3-2-6-17-9-11/h2-3,6,9,12H,4-5,7-8,10H2,1H3,(H,16,21). The molecule has 122 valence electrons. The van der Waals surface area contributed by atoms with E-state index in [4.69, 9.17) is 9.26 Å². The van der Waals surface area contributed by atoms with Crippen LogP contribution >= 0.6 is 0 Å². The number of aromatic nitrogens is 3. The lowest BCUT2D eigenvalue weighted by Crippen LogP contribution is -2.44. The van der Waals surface area contributed by atoms with Crippen LogP contribution in [0.1, 0.15) is 18.7 Å². The molecule has 3 heterocycles. The van der Waals surface area contributed by atoms with E-state index in [2.05, 4.69) is 20.4 Å². The molecule has 0 radical (unpaired) electrons. The lowest BCUT2D eigenvalue weighted by atomic mass is 10.1. The van der Waals surface area contributed by atoms with Crippen molar-refractivity contribution in [1.82, 2.24) is 25.3 Å². The van der Waals surface area contributed by atoms with Crippen molar-refractivity contribution in [3.8, 4) is 11.4 Å². The molecule has 0 spiro atoms. The summed E-state index contributed by atoms with van der Waals surface area (Å²) in [5.41, 5.74) is 0.807. The third-order valence-corrected chi connectivity index (χ3v) is 3.77. The molecule has 2 amide bonds. The third kappa shape index (κ3) is 3.84. The van der Waals surface area contributed by atoms with Crippen LogP contribution in [0.4, 0.5) is 4.79 Å². The Morgan fingerprint density at radius 2 is 2.30 bits per heavy atom. The summed E-state index contributed by atoms with van der Waals surface area (Å²) in [4.78, 5) is 21.6. The quantitative estimate of drug-likeness (QED) is 0.917. The van der Waals surface area contributed by atoms with Crippen molar-refractivity contribution in [3.05, 3.63) is 30.4 Å². The van der Waals surface area contributed by atoms with Crippen molar-refractivity contribution in [3.63, 3.8) is 0 Å². The molecule has 1 aliphatic rings. The number of amides is 2. The van der Waals surface area contributed by atoms with Gasteiger partial charge in [0.1, 0.15) is 6.61 Å². The minimum atomic E-state index is -0.0403. The van der Waals surface area contributed by atoms with Gasteiger partial charge in [-0.2, -0.15) is 4.98 Å². The average Bonchev–Trinajstić information content (AvgIpc) is 3.09. The van der Waals surface area contributed by atoms with E-state index in [9.17, 15) is 4.79 Å². The number of carbonyl (C=O) groups excluding carboxylic acids is 1. The number of hydrogen-bond donors (Lipinski definition) is 1. The molecule has 0 saturated carbocycles. The largest absolute Gasteiger partial charge is 0.368 e. The molecule has 0 bridgehead atoms. The second-order valence-corrected chi connectivity index (χ2v) is 5.31. The average molecular weight is 317 g/mol. The van der Waals surface area contributed by atoms with Gasteiger partial charge in [0.2, 0.25) is 5.82 Å². The number of hydrogen-bond acceptors (Lipinski definition) is 6. The zero-order valence-electron chi connectivity index (χ0n) is 12.9. The molecule has 2 aromatic heterocycles. The molecule has 23 heavy (non-hydrogen) atoms. The lowest BCUT2D eigenvalue weighted by Gasteiger charge is -2.31. The Kier molecular flexibility index (Phi) is 4.82. The zero-order chi connectivity index (χ0) is 16.1. The number of ether oxygens (including phenoxy) is 1. The predicted octanol–water partition coefficient (Wildman–Crippen LogP) is 1.45. The van der Waals surface area contributed by atoms with Crippen molar-refractivity contribution >= 4 is 6.03 Å². The first-order valence-electron chi connectivity index (χ1n) is 7.57. The highest BCUT2D eigenvalue weighted by molar-refractivity contribution is 5.73. The van der Waals surface area contributed by atoms with Crippen molar-refractivity contribution in [2.24, 2.45) is 0 Å². The maximum atomic E-state index is 11.5. The van der Waals surface area contributed by atoms with Crippen molar-refractivity contribution in [2.75, 3.05) is 20.1 Å². The fourth-order valence-corrected chi connectivity index (χ4v) is 2.50. The number of urea groups is 1. The summed E-state index contributed by atoms with van der Waals surface area (Å²) in [7, 11) is 1.64. The highest BCUT2D eigenvalue weighted by atomic mass is 16.5. The summed E-state index contributed by atoms with van der Waals surface area (Å²) in [5.74, 6) is 0.948. The number of pyridine rings is 1. The van der Waals surface area contributed by atoms with E-state index in [1.807, 2.05) is 12.1 Å². The molecule has 1 saturated heterocycles. The van der Waals surface area contributed by atoms with E-state index in [0.717, 1.165) is 18.4 Å². The SMILES string of the molecule is CNC(=O)N1CCC(OCc2nc(-c3cccnc3)no2)CC1. The Bertz CT molecular complexity index is 638. The van der Waals surface area contributed by atoms with Gasteiger partial charge in [-0.3, -0.25) is 4.98 Å². The minimum Gasteiger partial charge on any atom is -0.368 e. The van der Waals surface area contributed by atoms with E-state index in [-0.39, 0.29) is 18.7 Å². The Morgan fingerprint density at radius 1 is 1.48 bits per heavy atom.